The fourth-order valence-corrected chi connectivity index (χ4v) is 1.79. The lowest BCUT2D eigenvalue weighted by Gasteiger charge is -2.32. The monoisotopic (exact) mass is 169 g/mol. The van der Waals surface area contributed by atoms with Gasteiger partial charge in [0, 0.05) is 11.8 Å². The van der Waals surface area contributed by atoms with Gasteiger partial charge in [-0.2, -0.15) is 0 Å². The lowest BCUT2D eigenvalue weighted by Crippen LogP contribution is -2.39. The number of carbonyl (C=O) groups is 1. The van der Waals surface area contributed by atoms with Crippen LogP contribution < -0.4 is 5.32 Å². The Balaban J connectivity index is 2.50. The van der Waals surface area contributed by atoms with E-state index >= 15 is 0 Å². The van der Waals surface area contributed by atoms with E-state index in [1.54, 1.807) is 0 Å². The fraction of sp³-hybridized carbons (Fsp3) is 0.900. The van der Waals surface area contributed by atoms with E-state index in [1.807, 2.05) is 0 Å². The van der Waals surface area contributed by atoms with Crippen molar-refractivity contribution in [3.63, 3.8) is 0 Å². The van der Waals surface area contributed by atoms with Crippen LogP contribution in [0.2, 0.25) is 0 Å². The molecule has 1 aliphatic heterocycles. The molecular formula is C10H19NO. The summed E-state index contributed by atoms with van der Waals surface area (Å²) in [6, 6.07) is 0. The second-order valence-corrected chi connectivity index (χ2v) is 3.98. The number of rotatable bonds is 3. The highest BCUT2D eigenvalue weighted by atomic mass is 16.1. The maximum Gasteiger partial charge on any atom is 0.138 e. The number of hydrogen-bond donors (Lipinski definition) is 1. The molecule has 12 heavy (non-hydrogen) atoms. The molecule has 0 amide bonds. The average molecular weight is 169 g/mol. The largest absolute Gasteiger partial charge is 0.317 e. The van der Waals surface area contributed by atoms with Crippen molar-refractivity contribution in [2.75, 3.05) is 13.1 Å². The van der Waals surface area contributed by atoms with Gasteiger partial charge in [0.1, 0.15) is 5.78 Å². The number of nitrogens with one attached hydrogen (secondary N) is 1. The Morgan fingerprint density at radius 3 is 2.50 bits per heavy atom. The Kier molecular flexibility index (Phi) is 3.27. The number of carbonyl (C=O) groups excluding carboxylic acids is 1. The van der Waals surface area contributed by atoms with Crippen LogP contribution in [0.5, 0.6) is 0 Å². The maximum absolute atomic E-state index is 11.7. The van der Waals surface area contributed by atoms with Gasteiger partial charge < -0.3 is 5.32 Å². The van der Waals surface area contributed by atoms with Crippen molar-refractivity contribution >= 4 is 5.78 Å². The van der Waals surface area contributed by atoms with E-state index in [0.29, 0.717) is 5.78 Å². The first-order chi connectivity index (χ1) is 5.69. The summed E-state index contributed by atoms with van der Waals surface area (Å²) < 4.78 is 0. The van der Waals surface area contributed by atoms with E-state index in [-0.39, 0.29) is 5.41 Å². The third-order valence-corrected chi connectivity index (χ3v) is 2.86. The summed E-state index contributed by atoms with van der Waals surface area (Å²) in [5.41, 5.74) is -0.0126. The van der Waals surface area contributed by atoms with Crippen molar-refractivity contribution in [1.29, 1.82) is 0 Å². The van der Waals surface area contributed by atoms with Crippen LogP contribution in [0.3, 0.4) is 0 Å². The summed E-state index contributed by atoms with van der Waals surface area (Å²) >= 11 is 0. The number of ketones is 1. The first-order valence-corrected chi connectivity index (χ1v) is 4.93. The van der Waals surface area contributed by atoms with Gasteiger partial charge in [-0.3, -0.25) is 4.79 Å². The van der Waals surface area contributed by atoms with Crippen LogP contribution >= 0.6 is 0 Å². The topological polar surface area (TPSA) is 29.1 Å². The van der Waals surface area contributed by atoms with E-state index < -0.39 is 0 Å². The molecule has 1 rings (SSSR count). The Morgan fingerprint density at radius 2 is 2.00 bits per heavy atom. The molecular weight excluding hydrogens is 150 g/mol. The van der Waals surface area contributed by atoms with Crippen LogP contribution in [0.25, 0.3) is 0 Å². The normalized spacial score (nSPS) is 22.2. The number of piperidine rings is 1. The van der Waals surface area contributed by atoms with Gasteiger partial charge in [0.2, 0.25) is 0 Å². The van der Waals surface area contributed by atoms with E-state index in [0.717, 1.165) is 38.8 Å². The Bertz CT molecular complexity index is 159. The molecule has 70 valence electrons. The molecule has 1 aliphatic rings. The van der Waals surface area contributed by atoms with Crippen LogP contribution in [-0.2, 0) is 4.79 Å². The Morgan fingerprint density at radius 1 is 1.42 bits per heavy atom. The van der Waals surface area contributed by atoms with Gasteiger partial charge in [0.15, 0.2) is 0 Å². The summed E-state index contributed by atoms with van der Waals surface area (Å²) in [5.74, 6) is 0.464. The van der Waals surface area contributed by atoms with E-state index in [4.69, 9.17) is 0 Å². The van der Waals surface area contributed by atoms with Crippen molar-refractivity contribution in [1.82, 2.24) is 5.32 Å². The average Bonchev–Trinajstić information content (AvgIpc) is 2.06. The standard InChI is InChI=1S/C10H19NO/c1-3-4-9(12)10(2)5-7-11-8-6-10/h11H,3-8H2,1-2H3. The van der Waals surface area contributed by atoms with Gasteiger partial charge in [-0.25, -0.2) is 0 Å². The van der Waals surface area contributed by atoms with Crippen molar-refractivity contribution in [2.24, 2.45) is 5.41 Å². The lowest BCUT2D eigenvalue weighted by atomic mass is 9.76. The van der Waals surface area contributed by atoms with Crippen molar-refractivity contribution in [3.8, 4) is 0 Å². The maximum atomic E-state index is 11.7. The first kappa shape index (κ1) is 9.72. The minimum atomic E-state index is -0.0126. The van der Waals surface area contributed by atoms with Crippen LogP contribution in [0.4, 0.5) is 0 Å². The van der Waals surface area contributed by atoms with Gasteiger partial charge in [-0.1, -0.05) is 13.8 Å². The summed E-state index contributed by atoms with van der Waals surface area (Å²) in [4.78, 5) is 11.7. The molecule has 2 nitrogen and oxygen atoms in total. The predicted octanol–water partition coefficient (Wildman–Crippen LogP) is 1.75. The Hall–Kier alpha value is -0.370. The summed E-state index contributed by atoms with van der Waals surface area (Å²) in [6.45, 7) is 6.20. The summed E-state index contributed by atoms with van der Waals surface area (Å²) in [7, 11) is 0. The van der Waals surface area contributed by atoms with Crippen molar-refractivity contribution in [2.45, 2.75) is 39.5 Å². The van der Waals surface area contributed by atoms with Crippen molar-refractivity contribution < 1.29 is 4.79 Å². The van der Waals surface area contributed by atoms with Gasteiger partial charge in [-0.05, 0) is 32.4 Å². The zero-order valence-electron chi connectivity index (χ0n) is 8.15. The molecule has 0 spiro atoms. The van der Waals surface area contributed by atoms with Crippen LogP contribution in [-0.4, -0.2) is 18.9 Å². The highest BCUT2D eigenvalue weighted by Gasteiger charge is 2.32. The zero-order valence-corrected chi connectivity index (χ0v) is 8.15. The highest BCUT2D eigenvalue weighted by molar-refractivity contribution is 5.84. The van der Waals surface area contributed by atoms with Crippen LogP contribution in [0, 0.1) is 5.41 Å². The smallest absolute Gasteiger partial charge is 0.138 e. The third kappa shape index (κ3) is 2.07. The van der Waals surface area contributed by atoms with Crippen molar-refractivity contribution in [3.05, 3.63) is 0 Å². The minimum absolute atomic E-state index is 0.0126. The molecule has 1 fully saturated rings. The quantitative estimate of drug-likeness (QED) is 0.697. The van der Waals surface area contributed by atoms with Crippen LogP contribution in [0.15, 0.2) is 0 Å². The molecule has 0 saturated carbocycles. The lowest BCUT2D eigenvalue weighted by molar-refractivity contribution is -0.129. The summed E-state index contributed by atoms with van der Waals surface area (Å²) in [6.07, 6.45) is 3.79. The minimum Gasteiger partial charge on any atom is -0.317 e. The molecule has 0 bridgehead atoms. The number of Topliss-reactive ketones (excluding diaryl/α,β-unsaturated/α-hetero) is 1. The number of hydrogen-bond acceptors (Lipinski definition) is 2. The van der Waals surface area contributed by atoms with Gasteiger partial charge in [-0.15, -0.1) is 0 Å². The molecule has 1 saturated heterocycles. The predicted molar refractivity (Wildman–Crippen MR) is 50.1 cm³/mol. The molecule has 2 heteroatoms. The molecule has 0 atom stereocenters. The molecule has 1 N–H and O–H groups in total. The zero-order chi connectivity index (χ0) is 9.03. The van der Waals surface area contributed by atoms with E-state index in [1.165, 1.54) is 0 Å². The van der Waals surface area contributed by atoms with Gasteiger partial charge in [0.05, 0.1) is 0 Å². The fourth-order valence-electron chi connectivity index (χ4n) is 1.79. The molecule has 0 aromatic heterocycles. The first-order valence-electron chi connectivity index (χ1n) is 4.93. The highest BCUT2D eigenvalue weighted by Crippen LogP contribution is 2.30. The van der Waals surface area contributed by atoms with Crippen LogP contribution in [0.1, 0.15) is 39.5 Å². The summed E-state index contributed by atoms with van der Waals surface area (Å²) in [5, 5.41) is 3.28. The molecule has 0 unspecified atom stereocenters. The Labute approximate surface area is 74.7 Å². The third-order valence-electron chi connectivity index (χ3n) is 2.86. The van der Waals surface area contributed by atoms with E-state index in [2.05, 4.69) is 19.2 Å². The van der Waals surface area contributed by atoms with Gasteiger partial charge in [0.25, 0.3) is 0 Å². The second kappa shape index (κ2) is 4.04. The SMILES string of the molecule is CCCC(=O)C1(C)CCNCC1. The molecule has 0 aliphatic carbocycles. The molecule has 0 radical (unpaired) electrons. The molecule has 0 aromatic carbocycles. The molecule has 0 aromatic rings. The van der Waals surface area contributed by atoms with Gasteiger partial charge >= 0.3 is 0 Å². The second-order valence-electron chi connectivity index (χ2n) is 3.98. The van der Waals surface area contributed by atoms with E-state index in [9.17, 15) is 4.79 Å². The molecule has 1 heterocycles.